The molecule has 0 atom stereocenters. The standard InChI is InChI=1S/C24H15F3N2O5/c25-24(26,27)18-7-5-17(6-8-18)22-21(23(30)34-28-22)13-15-3-11-20(12-4-15)33-14-16-1-9-19(10-2-16)29(31)32/h1-13H,14H2/b21-13-. The van der Waals surface area contributed by atoms with Crippen LogP contribution < -0.4 is 4.74 Å². The molecular formula is C24H15F3N2O5. The smallest absolute Gasteiger partial charge is 0.416 e. The van der Waals surface area contributed by atoms with Crippen molar-refractivity contribution in [3.63, 3.8) is 0 Å². The van der Waals surface area contributed by atoms with Crippen LogP contribution in [-0.4, -0.2) is 16.6 Å². The van der Waals surface area contributed by atoms with Crippen molar-refractivity contribution in [1.82, 2.24) is 0 Å². The molecule has 0 bridgehead atoms. The first-order valence-electron chi connectivity index (χ1n) is 9.86. The number of hydrogen-bond donors (Lipinski definition) is 0. The number of nitrogens with zero attached hydrogens (tertiary/aromatic N) is 2. The third kappa shape index (κ3) is 5.12. The van der Waals surface area contributed by atoms with Gasteiger partial charge in [-0.3, -0.25) is 10.1 Å². The lowest BCUT2D eigenvalue weighted by molar-refractivity contribution is -0.384. The fraction of sp³-hybridized carbons (Fsp3) is 0.0833. The first-order valence-corrected chi connectivity index (χ1v) is 9.86. The highest BCUT2D eigenvalue weighted by molar-refractivity contribution is 6.31. The van der Waals surface area contributed by atoms with Crippen LogP contribution in [0.5, 0.6) is 5.75 Å². The highest BCUT2D eigenvalue weighted by atomic mass is 19.4. The quantitative estimate of drug-likeness (QED) is 0.205. The van der Waals surface area contributed by atoms with Gasteiger partial charge in [-0.1, -0.05) is 29.4 Å². The molecule has 1 aliphatic rings. The molecule has 1 aliphatic heterocycles. The molecule has 0 unspecified atom stereocenters. The Hall–Kier alpha value is -4.47. The molecule has 0 fully saturated rings. The number of non-ortho nitro benzene ring substituents is 1. The zero-order valence-corrected chi connectivity index (χ0v) is 17.3. The Morgan fingerprint density at radius 2 is 1.62 bits per heavy atom. The van der Waals surface area contributed by atoms with Crippen molar-refractivity contribution in [1.29, 1.82) is 0 Å². The van der Waals surface area contributed by atoms with Crippen LogP contribution in [0.3, 0.4) is 0 Å². The number of alkyl halides is 3. The largest absolute Gasteiger partial charge is 0.489 e. The van der Waals surface area contributed by atoms with Gasteiger partial charge in [-0.25, -0.2) is 4.79 Å². The number of benzene rings is 3. The first kappa shape index (κ1) is 22.7. The van der Waals surface area contributed by atoms with Crippen molar-refractivity contribution >= 4 is 23.4 Å². The average Bonchev–Trinajstić information content (AvgIpc) is 3.18. The second-order valence-electron chi connectivity index (χ2n) is 7.23. The lowest BCUT2D eigenvalue weighted by Crippen LogP contribution is -2.09. The van der Waals surface area contributed by atoms with Crippen LogP contribution >= 0.6 is 0 Å². The summed E-state index contributed by atoms with van der Waals surface area (Å²) in [7, 11) is 0. The van der Waals surface area contributed by atoms with E-state index in [-0.39, 0.29) is 23.6 Å². The molecule has 34 heavy (non-hydrogen) atoms. The van der Waals surface area contributed by atoms with E-state index in [4.69, 9.17) is 9.57 Å². The molecule has 0 saturated heterocycles. The van der Waals surface area contributed by atoms with E-state index in [1.165, 1.54) is 30.3 Å². The second-order valence-corrected chi connectivity index (χ2v) is 7.23. The van der Waals surface area contributed by atoms with E-state index in [1.807, 2.05) is 0 Å². The molecule has 1 heterocycles. The monoisotopic (exact) mass is 468 g/mol. The van der Waals surface area contributed by atoms with Gasteiger partial charge in [0.05, 0.1) is 16.1 Å². The third-order valence-electron chi connectivity index (χ3n) is 4.92. The Bertz CT molecular complexity index is 1280. The summed E-state index contributed by atoms with van der Waals surface area (Å²) in [4.78, 5) is 27.1. The van der Waals surface area contributed by atoms with Gasteiger partial charge in [0.2, 0.25) is 0 Å². The number of nitro groups is 1. The fourth-order valence-electron chi connectivity index (χ4n) is 3.14. The third-order valence-corrected chi connectivity index (χ3v) is 4.92. The van der Waals surface area contributed by atoms with E-state index in [1.54, 1.807) is 36.4 Å². The van der Waals surface area contributed by atoms with Crippen LogP contribution in [0.25, 0.3) is 6.08 Å². The van der Waals surface area contributed by atoms with Gasteiger partial charge in [-0.2, -0.15) is 13.2 Å². The molecule has 0 aromatic heterocycles. The maximum atomic E-state index is 12.8. The molecule has 0 saturated carbocycles. The number of carbonyl (C=O) groups excluding carboxylic acids is 1. The molecule has 0 aliphatic carbocycles. The van der Waals surface area contributed by atoms with E-state index in [2.05, 4.69) is 5.16 Å². The van der Waals surface area contributed by atoms with Crippen LogP contribution in [0.2, 0.25) is 0 Å². The summed E-state index contributed by atoms with van der Waals surface area (Å²) < 4.78 is 44.1. The summed E-state index contributed by atoms with van der Waals surface area (Å²) in [5.41, 5.74) is 1.12. The summed E-state index contributed by atoms with van der Waals surface area (Å²) in [6, 6.07) is 17.0. The van der Waals surface area contributed by atoms with Crippen molar-refractivity contribution in [3.8, 4) is 5.75 Å². The van der Waals surface area contributed by atoms with E-state index in [0.717, 1.165) is 17.7 Å². The average molecular weight is 468 g/mol. The van der Waals surface area contributed by atoms with Gasteiger partial charge in [0.25, 0.3) is 5.69 Å². The number of ether oxygens (including phenoxy) is 1. The van der Waals surface area contributed by atoms with E-state index < -0.39 is 22.6 Å². The maximum Gasteiger partial charge on any atom is 0.416 e. The molecule has 4 rings (SSSR count). The molecule has 0 spiro atoms. The van der Waals surface area contributed by atoms with Gasteiger partial charge in [0, 0.05) is 17.7 Å². The van der Waals surface area contributed by atoms with Gasteiger partial charge in [-0.15, -0.1) is 0 Å². The minimum absolute atomic E-state index is 0.00853. The molecule has 10 heteroatoms. The maximum absolute atomic E-state index is 12.8. The molecular weight excluding hydrogens is 453 g/mol. The van der Waals surface area contributed by atoms with Crippen molar-refractivity contribution in [2.45, 2.75) is 12.8 Å². The van der Waals surface area contributed by atoms with Gasteiger partial charge in [-0.05, 0) is 53.6 Å². The van der Waals surface area contributed by atoms with Crippen molar-refractivity contribution in [3.05, 3.63) is 111 Å². The number of nitro benzene ring substituents is 1. The minimum atomic E-state index is -4.47. The molecule has 172 valence electrons. The summed E-state index contributed by atoms with van der Waals surface area (Å²) in [5, 5.41) is 14.4. The SMILES string of the molecule is O=C1ON=C(c2ccc(C(F)(F)F)cc2)/C1=C/c1ccc(OCc2ccc([N+](=O)[O-])cc2)cc1. The Morgan fingerprint density at radius 1 is 0.971 bits per heavy atom. The van der Waals surface area contributed by atoms with Crippen molar-refractivity contribution < 1.29 is 32.5 Å². The molecule has 3 aromatic rings. The lowest BCUT2D eigenvalue weighted by Gasteiger charge is -2.08. The number of carbonyl (C=O) groups is 1. The minimum Gasteiger partial charge on any atom is -0.489 e. The topological polar surface area (TPSA) is 91.0 Å². The number of rotatable bonds is 6. The zero-order chi connectivity index (χ0) is 24.3. The first-order chi connectivity index (χ1) is 16.2. The van der Waals surface area contributed by atoms with Crippen LogP contribution in [0, 0.1) is 10.1 Å². The Balaban J connectivity index is 1.45. The molecule has 0 radical (unpaired) electrons. The van der Waals surface area contributed by atoms with Crippen molar-refractivity contribution in [2.24, 2.45) is 5.16 Å². The summed E-state index contributed by atoms with van der Waals surface area (Å²) in [5.74, 6) is -0.181. The van der Waals surface area contributed by atoms with Gasteiger partial charge in [0.15, 0.2) is 0 Å². The fourth-order valence-corrected chi connectivity index (χ4v) is 3.14. The van der Waals surface area contributed by atoms with Crippen LogP contribution in [0.4, 0.5) is 18.9 Å². The highest BCUT2D eigenvalue weighted by Gasteiger charge is 2.31. The Labute approximate surface area is 190 Å². The van der Waals surface area contributed by atoms with Crippen LogP contribution in [-0.2, 0) is 22.4 Å². The van der Waals surface area contributed by atoms with Crippen LogP contribution in [0.15, 0.2) is 83.5 Å². The van der Waals surface area contributed by atoms with E-state index in [9.17, 15) is 28.1 Å². The molecule has 7 nitrogen and oxygen atoms in total. The van der Waals surface area contributed by atoms with Crippen molar-refractivity contribution in [2.75, 3.05) is 0 Å². The lowest BCUT2D eigenvalue weighted by atomic mass is 9.99. The van der Waals surface area contributed by atoms with Gasteiger partial charge >= 0.3 is 12.1 Å². The molecule has 3 aromatic carbocycles. The Morgan fingerprint density at radius 3 is 2.21 bits per heavy atom. The summed E-state index contributed by atoms with van der Waals surface area (Å²) in [6.07, 6.45) is -2.95. The Kier molecular flexibility index (Phi) is 6.13. The second kappa shape index (κ2) is 9.18. The number of halogens is 3. The zero-order valence-electron chi connectivity index (χ0n) is 17.3. The predicted molar refractivity (Wildman–Crippen MR) is 116 cm³/mol. The summed E-state index contributed by atoms with van der Waals surface area (Å²) in [6.45, 7) is 0.204. The number of oxime groups is 1. The van der Waals surface area contributed by atoms with Gasteiger partial charge < -0.3 is 9.57 Å². The van der Waals surface area contributed by atoms with Gasteiger partial charge in [0.1, 0.15) is 18.1 Å². The molecule has 0 N–H and O–H groups in total. The highest BCUT2D eigenvalue weighted by Crippen LogP contribution is 2.30. The summed E-state index contributed by atoms with van der Waals surface area (Å²) >= 11 is 0. The predicted octanol–water partition coefficient (Wildman–Crippen LogP) is 5.54. The van der Waals surface area contributed by atoms with E-state index in [0.29, 0.717) is 16.9 Å². The molecule has 0 amide bonds. The van der Waals surface area contributed by atoms with E-state index >= 15 is 0 Å². The van der Waals surface area contributed by atoms with Crippen LogP contribution in [0.1, 0.15) is 22.3 Å². The normalized spacial score (nSPS) is 14.6. The number of hydrogen-bond acceptors (Lipinski definition) is 6.